The van der Waals surface area contributed by atoms with Crippen molar-refractivity contribution in [2.75, 3.05) is 18.5 Å². The van der Waals surface area contributed by atoms with E-state index in [0.717, 1.165) is 12.8 Å². The molecule has 1 unspecified atom stereocenters. The first-order valence-electron chi connectivity index (χ1n) is 9.74. The zero-order valence-electron chi connectivity index (χ0n) is 16.9. The maximum Gasteiger partial charge on any atom is 0.255 e. The molecule has 1 fully saturated rings. The minimum Gasteiger partial charge on any atom is -0.489 e. The van der Waals surface area contributed by atoms with Crippen LogP contribution in [0.15, 0.2) is 47.4 Å². The summed E-state index contributed by atoms with van der Waals surface area (Å²) in [7, 11) is -3.90. The monoisotopic (exact) mass is 452 g/mol. The van der Waals surface area contributed by atoms with Crippen molar-refractivity contribution >= 4 is 33.2 Å². The van der Waals surface area contributed by atoms with Gasteiger partial charge in [-0.1, -0.05) is 23.7 Å². The predicted molar refractivity (Wildman–Crippen MR) is 116 cm³/mol. The molecule has 1 amide bonds. The molecule has 0 spiro atoms. The van der Waals surface area contributed by atoms with Crippen molar-refractivity contribution in [2.45, 2.75) is 43.8 Å². The van der Waals surface area contributed by atoms with Crippen molar-refractivity contribution in [3.05, 3.63) is 53.1 Å². The van der Waals surface area contributed by atoms with E-state index < -0.39 is 15.9 Å². The van der Waals surface area contributed by atoms with Crippen molar-refractivity contribution < 1.29 is 22.7 Å². The van der Waals surface area contributed by atoms with Gasteiger partial charge < -0.3 is 14.8 Å². The number of halogens is 1. The van der Waals surface area contributed by atoms with Gasteiger partial charge in [-0.25, -0.2) is 13.1 Å². The van der Waals surface area contributed by atoms with Crippen LogP contribution in [0.1, 0.15) is 37.0 Å². The largest absolute Gasteiger partial charge is 0.489 e. The van der Waals surface area contributed by atoms with Gasteiger partial charge in [0.25, 0.3) is 5.91 Å². The van der Waals surface area contributed by atoms with E-state index >= 15 is 0 Å². The van der Waals surface area contributed by atoms with Gasteiger partial charge in [0.15, 0.2) is 0 Å². The van der Waals surface area contributed by atoms with Crippen molar-refractivity contribution in [3.8, 4) is 5.75 Å². The standard InChI is InChI=1S/C21H25ClN2O5S/c1-14(2)29-19-8-4-3-7-18(19)24-21(25)15-9-10-17(22)20(12-15)30(26,27)23-13-16-6-5-11-28-16/h3-4,7-10,12,14,16,23H,5-6,11,13H2,1-2H3,(H,24,25). The molecule has 9 heteroatoms. The fourth-order valence-corrected chi connectivity index (χ4v) is 4.65. The Labute approximate surface area is 181 Å². The van der Waals surface area contributed by atoms with Crippen molar-refractivity contribution in [3.63, 3.8) is 0 Å². The van der Waals surface area contributed by atoms with Crippen LogP contribution in [-0.2, 0) is 14.8 Å². The highest BCUT2D eigenvalue weighted by Gasteiger charge is 2.23. The molecule has 1 atom stereocenters. The summed E-state index contributed by atoms with van der Waals surface area (Å²) in [5.41, 5.74) is 0.656. The normalized spacial score (nSPS) is 16.6. The first kappa shape index (κ1) is 22.6. The van der Waals surface area contributed by atoms with E-state index in [4.69, 9.17) is 21.1 Å². The lowest BCUT2D eigenvalue weighted by atomic mass is 10.2. The van der Waals surface area contributed by atoms with Crippen LogP contribution in [0.5, 0.6) is 5.75 Å². The number of amides is 1. The van der Waals surface area contributed by atoms with Crippen LogP contribution in [0.2, 0.25) is 5.02 Å². The smallest absolute Gasteiger partial charge is 0.255 e. The molecule has 1 aliphatic rings. The molecule has 3 rings (SSSR count). The van der Waals surface area contributed by atoms with Gasteiger partial charge >= 0.3 is 0 Å². The van der Waals surface area contributed by atoms with Gasteiger partial charge in [-0.15, -0.1) is 0 Å². The first-order valence-corrected chi connectivity index (χ1v) is 11.6. The molecule has 0 aromatic heterocycles. The van der Waals surface area contributed by atoms with Gasteiger partial charge in [0.05, 0.1) is 22.9 Å². The quantitative estimate of drug-likeness (QED) is 0.634. The minimum atomic E-state index is -3.90. The summed E-state index contributed by atoms with van der Waals surface area (Å²) in [6.45, 7) is 4.57. The van der Waals surface area contributed by atoms with E-state index in [-0.39, 0.29) is 34.2 Å². The lowest BCUT2D eigenvalue weighted by Crippen LogP contribution is -2.32. The predicted octanol–water partition coefficient (Wildman–Crippen LogP) is 3.84. The molecule has 1 saturated heterocycles. The van der Waals surface area contributed by atoms with Gasteiger partial charge in [0.2, 0.25) is 10.0 Å². The van der Waals surface area contributed by atoms with Gasteiger partial charge in [-0.3, -0.25) is 4.79 Å². The summed E-state index contributed by atoms with van der Waals surface area (Å²) in [5.74, 6) is 0.0583. The van der Waals surface area contributed by atoms with Gasteiger partial charge in [-0.05, 0) is 57.0 Å². The Morgan fingerprint density at radius 1 is 1.27 bits per heavy atom. The number of carbonyl (C=O) groups excluding carboxylic acids is 1. The zero-order valence-corrected chi connectivity index (χ0v) is 18.4. The molecule has 30 heavy (non-hydrogen) atoms. The molecule has 7 nitrogen and oxygen atoms in total. The summed E-state index contributed by atoms with van der Waals surface area (Å²) < 4.78 is 39.1. The van der Waals surface area contributed by atoms with E-state index in [1.165, 1.54) is 18.2 Å². The summed E-state index contributed by atoms with van der Waals surface area (Å²) >= 11 is 6.12. The lowest BCUT2D eigenvalue weighted by molar-refractivity contribution is 0.102. The Kier molecular flexibility index (Phi) is 7.36. The topological polar surface area (TPSA) is 93.7 Å². The number of anilines is 1. The molecule has 2 N–H and O–H groups in total. The van der Waals surface area contributed by atoms with Crippen LogP contribution in [0.25, 0.3) is 0 Å². The molecule has 0 aliphatic carbocycles. The minimum absolute atomic E-state index is 0.0370. The van der Waals surface area contributed by atoms with Crippen LogP contribution >= 0.6 is 11.6 Å². The lowest BCUT2D eigenvalue weighted by Gasteiger charge is -2.15. The molecule has 2 aromatic carbocycles. The van der Waals surface area contributed by atoms with Crippen LogP contribution in [0.3, 0.4) is 0 Å². The van der Waals surface area contributed by atoms with Crippen LogP contribution in [0, 0.1) is 0 Å². The third-order valence-corrected chi connectivity index (χ3v) is 6.41. The maximum absolute atomic E-state index is 12.8. The van der Waals surface area contributed by atoms with Gasteiger partial charge in [0, 0.05) is 18.7 Å². The second kappa shape index (κ2) is 9.78. The third kappa shape index (κ3) is 5.72. The molecular weight excluding hydrogens is 428 g/mol. The van der Waals surface area contributed by atoms with Gasteiger partial charge in [0.1, 0.15) is 10.6 Å². The summed E-state index contributed by atoms with van der Waals surface area (Å²) in [6.07, 6.45) is 1.49. The number of carbonyl (C=O) groups is 1. The van der Waals surface area contributed by atoms with E-state index in [1.54, 1.807) is 24.3 Å². The summed E-state index contributed by atoms with van der Waals surface area (Å²) in [5, 5.41) is 2.80. The Morgan fingerprint density at radius 3 is 2.73 bits per heavy atom. The number of ether oxygens (including phenoxy) is 2. The number of sulfonamides is 1. The molecule has 2 aromatic rings. The van der Waals surface area contributed by atoms with Crippen molar-refractivity contribution in [1.29, 1.82) is 0 Å². The average molecular weight is 453 g/mol. The Balaban J connectivity index is 1.78. The van der Waals surface area contributed by atoms with E-state index in [1.807, 2.05) is 13.8 Å². The second-order valence-corrected chi connectivity index (χ2v) is 9.39. The van der Waals surface area contributed by atoms with Gasteiger partial charge in [-0.2, -0.15) is 0 Å². The molecule has 1 heterocycles. The number of nitrogens with one attached hydrogen (secondary N) is 2. The molecule has 162 valence electrons. The zero-order chi connectivity index (χ0) is 21.7. The maximum atomic E-state index is 12.8. The molecular formula is C21H25ClN2O5S. The van der Waals surface area contributed by atoms with Crippen molar-refractivity contribution in [2.24, 2.45) is 0 Å². The second-order valence-electron chi connectivity index (χ2n) is 7.25. The van der Waals surface area contributed by atoms with E-state index in [2.05, 4.69) is 10.0 Å². The highest BCUT2D eigenvalue weighted by Crippen LogP contribution is 2.27. The molecule has 0 saturated carbocycles. The molecule has 1 aliphatic heterocycles. The Hall–Kier alpha value is -2.13. The fraction of sp³-hybridized carbons (Fsp3) is 0.381. The highest BCUT2D eigenvalue weighted by atomic mass is 35.5. The summed E-state index contributed by atoms with van der Waals surface area (Å²) in [6, 6.07) is 11.2. The SMILES string of the molecule is CC(C)Oc1ccccc1NC(=O)c1ccc(Cl)c(S(=O)(=O)NCC2CCCO2)c1. The first-order chi connectivity index (χ1) is 14.3. The molecule has 0 radical (unpaired) electrons. The Morgan fingerprint density at radius 2 is 2.03 bits per heavy atom. The average Bonchev–Trinajstić information content (AvgIpc) is 3.21. The van der Waals surface area contributed by atoms with Crippen LogP contribution in [0.4, 0.5) is 5.69 Å². The van der Waals surface area contributed by atoms with E-state index in [0.29, 0.717) is 18.0 Å². The third-order valence-electron chi connectivity index (χ3n) is 4.51. The number of hydrogen-bond acceptors (Lipinski definition) is 5. The molecule has 0 bridgehead atoms. The van der Waals surface area contributed by atoms with E-state index in [9.17, 15) is 13.2 Å². The fourth-order valence-electron chi connectivity index (χ4n) is 3.06. The highest BCUT2D eigenvalue weighted by molar-refractivity contribution is 7.89. The van der Waals surface area contributed by atoms with Crippen LogP contribution < -0.4 is 14.8 Å². The number of hydrogen-bond donors (Lipinski definition) is 2. The summed E-state index contributed by atoms with van der Waals surface area (Å²) in [4.78, 5) is 12.6. The van der Waals surface area contributed by atoms with Crippen LogP contribution in [-0.4, -0.2) is 39.7 Å². The number of para-hydroxylation sites is 2. The Bertz CT molecular complexity index is 1000. The van der Waals surface area contributed by atoms with Crippen molar-refractivity contribution in [1.82, 2.24) is 4.72 Å². The number of benzene rings is 2. The number of rotatable bonds is 8.